The molecule has 0 aliphatic rings. The summed E-state index contributed by atoms with van der Waals surface area (Å²) in [6.45, 7) is 7.53. The lowest BCUT2D eigenvalue weighted by Gasteiger charge is -2.33. The lowest BCUT2D eigenvalue weighted by Crippen LogP contribution is -2.67. The van der Waals surface area contributed by atoms with Crippen LogP contribution < -0.4 is 46.7 Å². The third-order valence-corrected chi connectivity index (χ3v) is 24.2. The summed E-state index contributed by atoms with van der Waals surface area (Å²) in [5.41, 5.74) is 0. The lowest BCUT2D eigenvalue weighted by molar-refractivity contribution is 1.65. The molecule has 0 fully saturated rings. The highest BCUT2D eigenvalue weighted by molar-refractivity contribution is 7.12. The van der Waals surface area contributed by atoms with Gasteiger partial charge in [-0.05, 0) is 46.7 Å². The van der Waals surface area contributed by atoms with E-state index in [0.29, 0.717) is 0 Å². The minimum atomic E-state index is -2.33. The molecule has 0 amide bonds. The van der Waals surface area contributed by atoms with Crippen LogP contribution in [0.5, 0.6) is 0 Å². The smallest absolute Gasteiger partial charge is 0.0624 e. The zero-order valence-corrected chi connectivity index (χ0v) is 31.1. The van der Waals surface area contributed by atoms with E-state index in [2.05, 4.69) is 220 Å². The first kappa shape index (κ1) is 31.8. The van der Waals surface area contributed by atoms with Gasteiger partial charge in [-0.2, -0.15) is 0 Å². The Balaban J connectivity index is 1.33. The molecule has 3 heteroatoms. The van der Waals surface area contributed by atoms with E-state index in [-0.39, 0.29) is 0 Å². The van der Waals surface area contributed by atoms with Gasteiger partial charge in [0.2, 0.25) is 0 Å². The fourth-order valence-electron chi connectivity index (χ4n) is 7.63. The zero-order valence-electron chi connectivity index (χ0n) is 28.1. The van der Waals surface area contributed by atoms with E-state index in [0.717, 1.165) is 0 Å². The molecule has 0 radical (unpaired) electrons. The summed E-state index contributed by atoms with van der Waals surface area (Å²) in [5, 5.41) is 12.9. The topological polar surface area (TPSA) is 0 Å². The summed E-state index contributed by atoms with van der Waals surface area (Å²) < 4.78 is 0. The molecule has 0 bridgehead atoms. The molecule has 0 spiro atoms. The maximum Gasteiger partial charge on any atom is 0.145 e. The summed E-state index contributed by atoms with van der Waals surface area (Å²) in [6.07, 6.45) is 0. The number of hydrogen-bond donors (Lipinski definition) is 0. The van der Waals surface area contributed by atoms with Gasteiger partial charge in [-0.3, -0.25) is 0 Å². The normalized spacial score (nSPS) is 12.1. The largest absolute Gasteiger partial charge is 0.145 e. The fourth-order valence-corrected chi connectivity index (χ4v) is 18.3. The van der Waals surface area contributed by atoms with Crippen molar-refractivity contribution in [2.45, 2.75) is 19.6 Å². The van der Waals surface area contributed by atoms with Crippen LogP contribution >= 0.6 is 0 Å². The Morgan fingerprint density at radius 3 is 0.458 bits per heavy atom. The Morgan fingerprint density at radius 1 is 0.188 bits per heavy atom. The molecule has 0 N–H and O–H groups in total. The summed E-state index contributed by atoms with van der Waals surface area (Å²) in [5.74, 6) is 0. The van der Waals surface area contributed by atoms with Gasteiger partial charge in [0.1, 0.15) is 24.2 Å². The van der Waals surface area contributed by atoms with Crippen LogP contribution in [0.15, 0.2) is 200 Å². The molecular weight excluding hydrogens is 625 g/mol. The van der Waals surface area contributed by atoms with E-state index in [4.69, 9.17) is 0 Å². The maximum absolute atomic E-state index is 2.53. The lowest BCUT2D eigenvalue weighted by atomic mass is 10.3. The van der Waals surface area contributed by atoms with Crippen molar-refractivity contribution in [1.29, 1.82) is 0 Å². The Bertz CT molecular complexity index is 1850. The molecule has 7 aromatic rings. The molecule has 0 aromatic heterocycles. The van der Waals surface area contributed by atoms with Crippen molar-refractivity contribution in [3.8, 4) is 0 Å². The molecule has 0 aliphatic heterocycles. The van der Waals surface area contributed by atoms with E-state index in [1.807, 2.05) is 0 Å². The highest BCUT2D eigenvalue weighted by atomic mass is 28.3. The predicted octanol–water partition coefficient (Wildman–Crippen LogP) is 4.99. The van der Waals surface area contributed by atoms with Gasteiger partial charge < -0.3 is 0 Å². The monoisotopic (exact) mass is 666 g/mol. The summed E-state index contributed by atoms with van der Waals surface area (Å²) in [4.78, 5) is 0. The molecule has 0 saturated heterocycles. The van der Waals surface area contributed by atoms with Crippen molar-refractivity contribution in [2.24, 2.45) is 0 Å². The van der Waals surface area contributed by atoms with Crippen LogP contribution in [0.2, 0.25) is 19.6 Å². The molecule has 0 aliphatic carbocycles. The molecule has 7 aromatic carbocycles. The van der Waals surface area contributed by atoms with Gasteiger partial charge in [0.25, 0.3) is 0 Å². The number of hydrogen-bond acceptors (Lipinski definition) is 0. The van der Waals surface area contributed by atoms with Crippen LogP contribution in [0.25, 0.3) is 0 Å². The Hall–Kier alpha value is -4.81. The minimum Gasteiger partial charge on any atom is -0.0624 e. The second-order valence-electron chi connectivity index (χ2n) is 13.4. The van der Waals surface area contributed by atoms with Crippen molar-refractivity contribution in [3.63, 3.8) is 0 Å². The van der Waals surface area contributed by atoms with Crippen molar-refractivity contribution in [3.05, 3.63) is 200 Å². The maximum atomic E-state index is 2.53. The quantitative estimate of drug-likeness (QED) is 0.151. The van der Waals surface area contributed by atoms with Crippen LogP contribution in [0, 0.1) is 0 Å². The predicted molar refractivity (Wildman–Crippen MR) is 217 cm³/mol. The van der Waals surface area contributed by atoms with Gasteiger partial charge in [0.05, 0.1) is 0 Å². The summed E-state index contributed by atoms with van der Waals surface area (Å²) in [7, 11) is -6.71. The molecule has 7 rings (SSSR count). The summed E-state index contributed by atoms with van der Waals surface area (Å²) >= 11 is 0. The van der Waals surface area contributed by atoms with Crippen molar-refractivity contribution in [2.75, 3.05) is 0 Å². The van der Waals surface area contributed by atoms with Gasteiger partial charge in [-0.15, -0.1) is 0 Å². The first-order valence-electron chi connectivity index (χ1n) is 16.9. The van der Waals surface area contributed by atoms with Gasteiger partial charge in [-0.1, -0.05) is 220 Å². The van der Waals surface area contributed by atoms with E-state index in [1.165, 1.54) is 46.7 Å². The molecular formula is C45H42Si3. The highest BCUT2D eigenvalue weighted by Gasteiger charge is 2.38. The van der Waals surface area contributed by atoms with Crippen LogP contribution in [-0.4, -0.2) is 24.2 Å². The van der Waals surface area contributed by atoms with Crippen molar-refractivity contribution < 1.29 is 0 Å². The van der Waals surface area contributed by atoms with Crippen molar-refractivity contribution in [1.82, 2.24) is 0 Å². The Morgan fingerprint density at radius 2 is 0.312 bits per heavy atom. The average Bonchev–Trinajstić information content (AvgIpc) is 3.19. The van der Waals surface area contributed by atoms with Crippen LogP contribution in [0.4, 0.5) is 0 Å². The summed E-state index contributed by atoms with van der Waals surface area (Å²) in [6, 6.07) is 75.3. The second kappa shape index (κ2) is 13.4. The number of rotatable bonds is 9. The van der Waals surface area contributed by atoms with Gasteiger partial charge in [-0.25, -0.2) is 0 Å². The third kappa shape index (κ3) is 5.58. The molecule has 0 saturated carbocycles. The van der Waals surface area contributed by atoms with E-state index in [9.17, 15) is 0 Å². The fraction of sp³-hybridized carbons (Fsp3) is 0.0667. The van der Waals surface area contributed by atoms with Crippen LogP contribution in [-0.2, 0) is 0 Å². The SMILES string of the molecule is C[Si](c1ccccc1)(c1ccccc1)c1ccc([Si](C)(c2ccccc2)c2ccc([Si](C)(c3ccccc3)c3ccccc3)cc2)cc1. The van der Waals surface area contributed by atoms with Crippen LogP contribution in [0.3, 0.4) is 0 Å². The molecule has 0 nitrogen and oxygen atoms in total. The van der Waals surface area contributed by atoms with Gasteiger partial charge in [0.15, 0.2) is 0 Å². The molecule has 0 unspecified atom stereocenters. The minimum absolute atomic E-state index is 1.43. The Kier molecular flexibility index (Phi) is 8.85. The van der Waals surface area contributed by atoms with Gasteiger partial charge >= 0.3 is 0 Å². The van der Waals surface area contributed by atoms with Crippen molar-refractivity contribution >= 4 is 70.9 Å². The van der Waals surface area contributed by atoms with E-state index >= 15 is 0 Å². The van der Waals surface area contributed by atoms with E-state index < -0.39 is 24.2 Å². The second-order valence-corrected chi connectivity index (χ2v) is 25.3. The first-order chi connectivity index (χ1) is 23.4. The zero-order chi connectivity index (χ0) is 33.0. The highest BCUT2D eigenvalue weighted by Crippen LogP contribution is 2.12. The molecule has 234 valence electrons. The molecule has 0 atom stereocenters. The van der Waals surface area contributed by atoms with Gasteiger partial charge in [0, 0.05) is 0 Å². The average molecular weight is 667 g/mol. The Labute approximate surface area is 289 Å². The van der Waals surface area contributed by atoms with E-state index in [1.54, 1.807) is 0 Å². The molecule has 48 heavy (non-hydrogen) atoms. The standard InChI is InChI=1S/C45H42Si3/c1-46(37-19-9-4-10-20-37,38-21-11-5-12-22-38)42-29-33-44(34-30-42)48(3,41-27-17-8-18-28-41)45-35-31-43(32-36-45)47(2,39-23-13-6-14-24-39)40-25-15-7-16-26-40/h4-36H,1-3H3. The number of benzene rings is 7. The third-order valence-electron chi connectivity index (χ3n) is 10.8. The van der Waals surface area contributed by atoms with Crippen LogP contribution in [0.1, 0.15) is 0 Å². The molecule has 0 heterocycles. The first-order valence-corrected chi connectivity index (χ1v) is 24.4.